The van der Waals surface area contributed by atoms with Crippen LogP contribution >= 0.6 is 11.9 Å². The molecular weight excluding hydrogens is 214 g/mol. The van der Waals surface area contributed by atoms with Crippen molar-refractivity contribution in [2.45, 2.75) is 31.6 Å². The van der Waals surface area contributed by atoms with Crippen LogP contribution in [0, 0.1) is 11.8 Å². The molecule has 1 aromatic carbocycles. The molecular formula is C14H21NS. The lowest BCUT2D eigenvalue weighted by Gasteiger charge is -2.32. The Hall–Kier alpha value is -0.470. The van der Waals surface area contributed by atoms with Crippen LogP contribution in [-0.2, 0) is 0 Å². The van der Waals surface area contributed by atoms with Crippen molar-refractivity contribution in [3.8, 4) is 0 Å². The molecule has 1 heterocycles. The largest absolute Gasteiger partial charge is 0.246 e. The molecule has 1 fully saturated rings. The second kappa shape index (κ2) is 5.74. The number of hydrogen-bond donors (Lipinski definition) is 0. The van der Waals surface area contributed by atoms with E-state index in [1.807, 2.05) is 11.9 Å². The molecule has 0 amide bonds. The fourth-order valence-corrected chi connectivity index (χ4v) is 3.23. The van der Waals surface area contributed by atoms with Gasteiger partial charge in [0.15, 0.2) is 0 Å². The first kappa shape index (κ1) is 12.0. The maximum atomic E-state index is 2.51. The maximum Gasteiger partial charge on any atom is 0.0230 e. The first-order chi connectivity index (χ1) is 7.75. The predicted molar refractivity (Wildman–Crippen MR) is 71.4 cm³/mol. The standard InChI is InChI=1S/C14H21NS/c1-12(2)13-8-10-15(11-9-13)16-14-6-4-3-5-7-14/h3-7,12-13H,8-11H2,1-2H3. The number of piperidine rings is 1. The Bertz CT molecular complexity index is 302. The second-order valence-electron chi connectivity index (χ2n) is 4.91. The van der Waals surface area contributed by atoms with E-state index in [0.29, 0.717) is 0 Å². The molecule has 0 unspecified atom stereocenters. The summed E-state index contributed by atoms with van der Waals surface area (Å²) in [4.78, 5) is 1.37. The van der Waals surface area contributed by atoms with E-state index in [0.717, 1.165) is 11.8 Å². The number of rotatable bonds is 3. The van der Waals surface area contributed by atoms with Crippen molar-refractivity contribution in [1.29, 1.82) is 0 Å². The van der Waals surface area contributed by atoms with Gasteiger partial charge in [-0.25, -0.2) is 4.31 Å². The van der Waals surface area contributed by atoms with Crippen molar-refractivity contribution in [3.63, 3.8) is 0 Å². The van der Waals surface area contributed by atoms with Crippen LogP contribution in [0.3, 0.4) is 0 Å². The lowest BCUT2D eigenvalue weighted by Crippen LogP contribution is -2.30. The summed E-state index contributed by atoms with van der Waals surface area (Å²) in [6.07, 6.45) is 2.72. The van der Waals surface area contributed by atoms with Gasteiger partial charge in [-0.15, -0.1) is 0 Å². The smallest absolute Gasteiger partial charge is 0.0230 e. The summed E-state index contributed by atoms with van der Waals surface area (Å²) in [5.41, 5.74) is 0. The Kier molecular flexibility index (Phi) is 4.30. The summed E-state index contributed by atoms with van der Waals surface area (Å²) < 4.78 is 2.51. The Morgan fingerprint density at radius 1 is 1.12 bits per heavy atom. The molecule has 2 heteroatoms. The quantitative estimate of drug-likeness (QED) is 0.727. The first-order valence-corrected chi connectivity index (χ1v) is 7.01. The Morgan fingerprint density at radius 3 is 2.31 bits per heavy atom. The molecule has 16 heavy (non-hydrogen) atoms. The lowest BCUT2D eigenvalue weighted by atomic mass is 9.87. The highest BCUT2D eigenvalue weighted by Gasteiger charge is 2.21. The number of nitrogens with zero attached hydrogens (tertiary/aromatic N) is 1. The predicted octanol–water partition coefficient (Wildman–Crippen LogP) is 4.06. The van der Waals surface area contributed by atoms with Crippen molar-refractivity contribution >= 4 is 11.9 Å². The minimum atomic E-state index is 0.851. The zero-order valence-electron chi connectivity index (χ0n) is 10.2. The summed E-state index contributed by atoms with van der Waals surface area (Å²) in [5.74, 6) is 1.79. The van der Waals surface area contributed by atoms with Crippen LogP contribution in [0.5, 0.6) is 0 Å². The molecule has 0 spiro atoms. The lowest BCUT2D eigenvalue weighted by molar-refractivity contribution is 0.237. The minimum absolute atomic E-state index is 0.851. The van der Waals surface area contributed by atoms with E-state index < -0.39 is 0 Å². The van der Waals surface area contributed by atoms with E-state index >= 15 is 0 Å². The fraction of sp³-hybridized carbons (Fsp3) is 0.571. The maximum absolute atomic E-state index is 2.51. The van der Waals surface area contributed by atoms with Gasteiger partial charge in [0, 0.05) is 18.0 Å². The summed E-state index contributed by atoms with van der Waals surface area (Å²) in [6.45, 7) is 7.18. The summed E-state index contributed by atoms with van der Waals surface area (Å²) in [7, 11) is 0. The van der Waals surface area contributed by atoms with Crippen molar-refractivity contribution < 1.29 is 0 Å². The summed E-state index contributed by atoms with van der Waals surface area (Å²) in [6, 6.07) is 10.7. The highest BCUT2D eigenvalue weighted by molar-refractivity contribution is 7.97. The average Bonchev–Trinajstić information content (AvgIpc) is 2.31. The zero-order chi connectivity index (χ0) is 11.4. The summed E-state index contributed by atoms with van der Waals surface area (Å²) in [5, 5.41) is 0. The van der Waals surface area contributed by atoms with Crippen molar-refractivity contribution in [1.82, 2.24) is 4.31 Å². The van der Waals surface area contributed by atoms with Gasteiger partial charge in [0.2, 0.25) is 0 Å². The molecule has 0 saturated carbocycles. The van der Waals surface area contributed by atoms with E-state index in [-0.39, 0.29) is 0 Å². The van der Waals surface area contributed by atoms with Crippen molar-refractivity contribution in [3.05, 3.63) is 30.3 Å². The van der Waals surface area contributed by atoms with Crippen LogP contribution in [0.4, 0.5) is 0 Å². The van der Waals surface area contributed by atoms with E-state index in [4.69, 9.17) is 0 Å². The van der Waals surface area contributed by atoms with E-state index in [2.05, 4.69) is 48.5 Å². The van der Waals surface area contributed by atoms with Crippen molar-refractivity contribution in [2.75, 3.05) is 13.1 Å². The van der Waals surface area contributed by atoms with Crippen LogP contribution in [0.15, 0.2) is 35.2 Å². The van der Waals surface area contributed by atoms with Gasteiger partial charge in [0.05, 0.1) is 0 Å². The van der Waals surface area contributed by atoms with E-state index in [1.165, 1.54) is 30.8 Å². The van der Waals surface area contributed by atoms with Gasteiger partial charge >= 0.3 is 0 Å². The topological polar surface area (TPSA) is 3.24 Å². The minimum Gasteiger partial charge on any atom is -0.246 e. The van der Waals surface area contributed by atoms with E-state index in [1.54, 1.807) is 0 Å². The molecule has 2 rings (SSSR count). The average molecular weight is 235 g/mol. The third-order valence-electron chi connectivity index (χ3n) is 3.42. The van der Waals surface area contributed by atoms with Crippen LogP contribution in [-0.4, -0.2) is 17.4 Å². The van der Waals surface area contributed by atoms with Crippen LogP contribution in [0.25, 0.3) is 0 Å². The zero-order valence-corrected chi connectivity index (χ0v) is 11.0. The molecule has 1 aliphatic rings. The van der Waals surface area contributed by atoms with Gasteiger partial charge in [0.1, 0.15) is 0 Å². The highest BCUT2D eigenvalue weighted by atomic mass is 32.2. The third-order valence-corrected chi connectivity index (χ3v) is 4.53. The van der Waals surface area contributed by atoms with Crippen LogP contribution in [0.1, 0.15) is 26.7 Å². The molecule has 0 aromatic heterocycles. The Balaban J connectivity index is 1.82. The fourth-order valence-electron chi connectivity index (χ4n) is 2.26. The molecule has 0 atom stereocenters. The van der Waals surface area contributed by atoms with Crippen LogP contribution < -0.4 is 0 Å². The van der Waals surface area contributed by atoms with Gasteiger partial charge < -0.3 is 0 Å². The molecule has 0 bridgehead atoms. The van der Waals surface area contributed by atoms with Gasteiger partial charge in [-0.05, 0) is 48.8 Å². The van der Waals surface area contributed by atoms with Gasteiger partial charge in [-0.3, -0.25) is 0 Å². The molecule has 0 radical (unpaired) electrons. The van der Waals surface area contributed by atoms with Gasteiger partial charge in [-0.2, -0.15) is 0 Å². The molecule has 1 aromatic rings. The number of hydrogen-bond acceptors (Lipinski definition) is 2. The Labute approximate surface area is 103 Å². The molecule has 1 nitrogen and oxygen atoms in total. The SMILES string of the molecule is CC(C)C1CCN(Sc2ccccc2)CC1. The third kappa shape index (κ3) is 3.26. The molecule has 0 aliphatic carbocycles. The molecule has 1 saturated heterocycles. The van der Waals surface area contributed by atoms with E-state index in [9.17, 15) is 0 Å². The molecule has 0 N–H and O–H groups in total. The van der Waals surface area contributed by atoms with Gasteiger partial charge in [0.25, 0.3) is 0 Å². The number of benzene rings is 1. The Morgan fingerprint density at radius 2 is 1.75 bits per heavy atom. The van der Waals surface area contributed by atoms with Crippen molar-refractivity contribution in [2.24, 2.45) is 11.8 Å². The van der Waals surface area contributed by atoms with Crippen LogP contribution in [0.2, 0.25) is 0 Å². The summed E-state index contributed by atoms with van der Waals surface area (Å²) >= 11 is 1.91. The molecule has 88 valence electrons. The normalized spacial score (nSPS) is 19.2. The second-order valence-corrected chi connectivity index (χ2v) is 6.09. The highest BCUT2D eigenvalue weighted by Crippen LogP contribution is 2.30. The van der Waals surface area contributed by atoms with Gasteiger partial charge in [-0.1, -0.05) is 32.0 Å². The first-order valence-electron chi connectivity index (χ1n) is 6.23. The monoisotopic (exact) mass is 235 g/mol. The molecule has 1 aliphatic heterocycles.